The predicted octanol–water partition coefficient (Wildman–Crippen LogP) is -0.175. The number of carboxylic acid groups (broad SMARTS) is 1. The van der Waals surface area contributed by atoms with Crippen LogP contribution in [0.2, 0.25) is 0 Å². The van der Waals surface area contributed by atoms with Crippen molar-refractivity contribution in [3.8, 4) is 0 Å². The molecule has 0 aliphatic rings. The monoisotopic (exact) mass is 1270 g/mol. The fourth-order valence-corrected chi connectivity index (χ4v) is 6.02. The lowest BCUT2D eigenvalue weighted by atomic mass is 10.3. The van der Waals surface area contributed by atoms with Gasteiger partial charge in [-0.05, 0) is 34.7 Å². The van der Waals surface area contributed by atoms with Gasteiger partial charge in [0.1, 0.15) is 30.1 Å². The van der Waals surface area contributed by atoms with E-state index in [4.69, 9.17) is 22.3 Å². The molecule has 0 unspecified atom stereocenters. The molecule has 6 amide bonds. The number of nitrogens with two attached hydrogens (primary N) is 3. The Hall–Kier alpha value is -12.2. The van der Waals surface area contributed by atoms with Crippen molar-refractivity contribution in [3.63, 3.8) is 0 Å². The number of rotatable bonds is 11. The van der Waals surface area contributed by atoms with Gasteiger partial charge in [-0.2, -0.15) is 20.4 Å². The summed E-state index contributed by atoms with van der Waals surface area (Å²) in [6.45, 7) is 3.47. The molecule has 0 bridgehead atoms. The second-order valence-electron chi connectivity index (χ2n) is 19.4. The van der Waals surface area contributed by atoms with Gasteiger partial charge in [0, 0.05) is 125 Å². The van der Waals surface area contributed by atoms with E-state index in [1.807, 2.05) is 19.1 Å². The third kappa shape index (κ3) is 21.1. The number of nitro groups is 4. The van der Waals surface area contributed by atoms with Crippen molar-refractivity contribution in [1.82, 2.24) is 98.7 Å². The third-order valence-corrected chi connectivity index (χ3v) is 11.1. The minimum absolute atomic E-state index is 0.0386. The maximum absolute atomic E-state index is 11.6. The zero-order valence-electron chi connectivity index (χ0n) is 52.5. The van der Waals surface area contributed by atoms with Crippen molar-refractivity contribution in [1.29, 1.82) is 0 Å². The first-order valence-corrected chi connectivity index (χ1v) is 25.1. The lowest BCUT2D eigenvalue weighted by molar-refractivity contribution is -0.392. The van der Waals surface area contributed by atoms with Crippen molar-refractivity contribution in [3.05, 3.63) is 122 Å². The van der Waals surface area contributed by atoms with Crippen LogP contribution in [0.1, 0.15) is 84.8 Å². The molecule has 7 aromatic heterocycles. The molecule has 0 aromatic carbocycles. The van der Waals surface area contributed by atoms with Gasteiger partial charge >= 0.3 is 29.1 Å². The van der Waals surface area contributed by atoms with E-state index in [2.05, 4.69) is 40.8 Å². The standard InChI is InChI=1S/C8H12N4O3.C8H13N3O.C7H13N5O.C7H10N4O3.C7H12N4O.C6H8N4O3.C4H3N3O4/c1-5-7(12(14)15)6(9-11(5)4)8(13)10(2)3;1-6-5-7(9-11(6)4)8(12)10(2)3;1-11(2)7(13)5-4(8)6(9)12(3)10-5;1-9(2)7(12)5-4-6(11(13)14)10(3)8-5;1-10(2)7(12)5-4-6(8)11(3)9-5;1-9(2)6(11)4-3-5(8-7-4)10(12)13;8-4(9)2-1-3(6-5-2)7(10)11/h1-4H3;5H,1-4H3;8-9H2,1-3H3;4H,1-3H3;4H,8H2,1-3H3;3H,1-2H3,(H,7,8);1H,(H,5,6)(H,8,9). The van der Waals surface area contributed by atoms with Gasteiger partial charge in [0.15, 0.2) is 34.2 Å². The number of carbonyl (C=O) groups excluding carboxylic acids is 6. The number of nitrogens with zero attached hydrogens (tertiary/aromatic N) is 22. The molecule has 7 aromatic rings. The molecule has 43 nitrogen and oxygen atoms in total. The molecule has 0 saturated heterocycles. The molecule has 7 rings (SSSR count). The van der Waals surface area contributed by atoms with Crippen molar-refractivity contribution in [2.75, 3.05) is 102 Å². The van der Waals surface area contributed by atoms with E-state index in [1.54, 1.807) is 115 Å². The second kappa shape index (κ2) is 32.9. The minimum atomic E-state index is -1.30. The Morgan fingerprint density at radius 2 is 0.811 bits per heavy atom. The summed E-state index contributed by atoms with van der Waals surface area (Å²) in [4.78, 5) is 125. The molecule has 7 heterocycles. The van der Waals surface area contributed by atoms with Crippen LogP contribution in [0.3, 0.4) is 0 Å². The number of nitrogens with one attached hydrogen (secondary N) is 2. The van der Waals surface area contributed by atoms with Crippen LogP contribution in [0.5, 0.6) is 0 Å². The average Bonchev–Trinajstić information content (AvgIpc) is 2.22. The minimum Gasteiger partial charge on any atom is -0.476 e. The van der Waals surface area contributed by atoms with Crippen LogP contribution in [-0.2, 0) is 35.2 Å². The SMILES string of the molecule is CN(C)C(=O)c1cc(N)n(C)n1.CN(C)C(=O)c1cc([N+](=O)[O-])[nH]n1.CN(C)C(=O)c1cc([N+](=O)[O-])n(C)n1.CN(C)C(=O)c1nn(C)c(N)c1N.Cc1c([N+](=O)[O-])c(C(=O)N(C)C)nn1C.Cc1cc(C(=O)N(C)C)nn1C.O=C(O)c1cc([N+](=O)[O-])[nH]n1. The smallest absolute Gasteiger partial charge is 0.358 e. The van der Waals surface area contributed by atoms with Crippen molar-refractivity contribution >= 4 is 81.9 Å². The fraction of sp³-hybridized carbons (Fsp3) is 0.404. The summed E-state index contributed by atoms with van der Waals surface area (Å²) >= 11 is 0. The molecule has 43 heteroatoms. The maximum Gasteiger partial charge on any atom is 0.358 e. The highest BCUT2D eigenvalue weighted by atomic mass is 16.6. The lowest BCUT2D eigenvalue weighted by Crippen LogP contribution is -2.23. The highest BCUT2D eigenvalue weighted by Gasteiger charge is 2.30. The van der Waals surface area contributed by atoms with Gasteiger partial charge in [0.25, 0.3) is 35.4 Å². The number of aromatic carboxylic acids is 1. The molecular weight excluding hydrogens is 1200 g/mol. The van der Waals surface area contributed by atoms with E-state index < -0.39 is 37.4 Å². The number of anilines is 3. The van der Waals surface area contributed by atoms with E-state index in [0.29, 0.717) is 28.7 Å². The Balaban J connectivity index is 0.000000526. The normalized spacial score (nSPS) is 9.90. The van der Waals surface area contributed by atoms with Gasteiger partial charge in [-0.25, -0.2) is 4.79 Å². The van der Waals surface area contributed by atoms with Crippen LogP contribution in [0.25, 0.3) is 0 Å². The summed E-state index contributed by atoms with van der Waals surface area (Å²) < 4.78 is 6.94. The summed E-state index contributed by atoms with van der Waals surface area (Å²) in [5.41, 5.74) is 18.7. The Labute approximate surface area is 510 Å². The van der Waals surface area contributed by atoms with Gasteiger partial charge in [-0.3, -0.25) is 57.6 Å². The van der Waals surface area contributed by atoms with E-state index in [9.17, 15) is 74.0 Å². The number of hydrogen-bond donors (Lipinski definition) is 6. The van der Waals surface area contributed by atoms with Crippen LogP contribution in [0, 0.1) is 54.3 Å². The first-order chi connectivity index (χ1) is 41.4. The molecule has 0 saturated carbocycles. The molecule has 0 aliphatic heterocycles. The second-order valence-corrected chi connectivity index (χ2v) is 19.4. The van der Waals surface area contributed by atoms with Crippen LogP contribution in [0.15, 0.2) is 30.3 Å². The Bertz CT molecular complexity index is 3610. The number of aromatic nitrogens is 14. The number of amides is 6. The predicted molar refractivity (Wildman–Crippen MR) is 318 cm³/mol. The molecule has 9 N–H and O–H groups in total. The van der Waals surface area contributed by atoms with Crippen molar-refractivity contribution < 1.29 is 58.4 Å². The first-order valence-electron chi connectivity index (χ1n) is 25.1. The van der Waals surface area contributed by atoms with Crippen LogP contribution in [-0.4, -0.2) is 249 Å². The van der Waals surface area contributed by atoms with E-state index in [0.717, 1.165) is 28.6 Å². The zero-order valence-corrected chi connectivity index (χ0v) is 52.5. The van der Waals surface area contributed by atoms with Crippen LogP contribution in [0.4, 0.5) is 40.5 Å². The highest BCUT2D eigenvalue weighted by Crippen LogP contribution is 2.23. The summed E-state index contributed by atoms with van der Waals surface area (Å²) in [7, 11) is 27.4. The largest absolute Gasteiger partial charge is 0.476 e. The van der Waals surface area contributed by atoms with Crippen molar-refractivity contribution in [2.24, 2.45) is 35.2 Å². The number of carbonyl (C=O) groups is 7. The Kier molecular flexibility index (Phi) is 27.7. The number of H-pyrrole nitrogens is 2. The number of carboxylic acids is 1. The summed E-state index contributed by atoms with van der Waals surface area (Å²) in [5.74, 6) is -3.04. The maximum atomic E-state index is 11.6. The topological polar surface area (TPSA) is 556 Å². The Morgan fingerprint density at radius 3 is 1.12 bits per heavy atom. The third-order valence-electron chi connectivity index (χ3n) is 11.1. The van der Waals surface area contributed by atoms with Crippen LogP contribution < -0.4 is 17.2 Å². The average molecular weight is 1270 g/mol. The molecule has 90 heavy (non-hydrogen) atoms. The summed E-state index contributed by atoms with van der Waals surface area (Å²) in [6.07, 6.45) is 0. The number of aryl methyl sites for hydroxylation is 6. The fourth-order valence-electron chi connectivity index (χ4n) is 6.02. The molecule has 0 aliphatic carbocycles. The van der Waals surface area contributed by atoms with Crippen molar-refractivity contribution in [2.45, 2.75) is 13.8 Å². The molecule has 0 atom stereocenters. The van der Waals surface area contributed by atoms with Gasteiger partial charge in [0.05, 0.1) is 23.1 Å². The lowest BCUT2D eigenvalue weighted by Gasteiger charge is -2.07. The zero-order chi connectivity index (χ0) is 69.8. The quantitative estimate of drug-likeness (QED) is 0.0723. The Morgan fingerprint density at radius 1 is 0.444 bits per heavy atom. The highest BCUT2D eigenvalue weighted by molar-refractivity contribution is 5.99. The van der Waals surface area contributed by atoms with Gasteiger partial charge in [0.2, 0.25) is 5.69 Å². The molecular formula is C47H71N27O16. The first kappa shape index (κ1) is 75.8. The van der Waals surface area contributed by atoms with E-state index in [1.165, 1.54) is 64.6 Å². The number of aromatic amines is 2. The van der Waals surface area contributed by atoms with Gasteiger partial charge in [-0.1, -0.05) is 15.3 Å². The van der Waals surface area contributed by atoms with Gasteiger partial charge in [-0.15, -0.1) is 14.9 Å². The van der Waals surface area contributed by atoms with Gasteiger partial charge < -0.3 is 82.0 Å². The number of hydrogen-bond acceptors (Lipinski definition) is 25. The molecule has 0 radical (unpaired) electrons. The molecule has 490 valence electrons. The molecule has 0 spiro atoms. The summed E-state index contributed by atoms with van der Waals surface area (Å²) in [5, 5.41) is 79.9. The number of nitrogen functional groups attached to an aromatic ring is 3. The molecule has 0 fully saturated rings. The van der Waals surface area contributed by atoms with E-state index >= 15 is 0 Å². The van der Waals surface area contributed by atoms with E-state index in [-0.39, 0.29) is 81.0 Å². The van der Waals surface area contributed by atoms with Crippen LogP contribution >= 0.6 is 0 Å². The summed E-state index contributed by atoms with van der Waals surface area (Å²) in [6, 6.07) is 6.44.